The molecule has 2 aromatic rings. The first kappa shape index (κ1) is 18.3. The zero-order valence-corrected chi connectivity index (χ0v) is 14.2. The Morgan fingerprint density at radius 2 is 1.04 bits per heavy atom. The summed E-state index contributed by atoms with van der Waals surface area (Å²) in [6, 6.07) is 14.2. The van der Waals surface area contributed by atoms with Gasteiger partial charge in [-0.3, -0.25) is 9.59 Å². The van der Waals surface area contributed by atoms with Crippen LogP contribution in [0.5, 0.6) is 11.5 Å². The molecule has 6 nitrogen and oxygen atoms in total. The molecule has 0 saturated carbocycles. The normalized spacial score (nSPS) is 10.0. The molecule has 0 N–H and O–H groups in total. The maximum atomic E-state index is 11.7. The van der Waals surface area contributed by atoms with Gasteiger partial charge in [-0.05, 0) is 35.4 Å². The molecule has 0 heterocycles. The van der Waals surface area contributed by atoms with Gasteiger partial charge in [0.15, 0.2) is 0 Å². The van der Waals surface area contributed by atoms with Crippen LogP contribution in [0.1, 0.15) is 17.5 Å². The molecule has 0 amide bonds. The van der Waals surface area contributed by atoms with Gasteiger partial charge in [-0.15, -0.1) is 0 Å². The van der Waals surface area contributed by atoms with Crippen LogP contribution in [0.2, 0.25) is 0 Å². The molecule has 0 saturated heterocycles. The molecule has 0 aliphatic heterocycles. The van der Waals surface area contributed by atoms with Crippen molar-refractivity contribution in [3.8, 4) is 11.5 Å². The molecular formula is C19H20O6. The van der Waals surface area contributed by atoms with E-state index >= 15 is 0 Å². The standard InChI is InChI=1S/C19H20O6/c1-22-16-7-3-14(4-8-16)12-24-18(20)11-19(21)25-13-15-5-9-17(23-2)10-6-15/h3-10H,11-13H2,1-2H3. The minimum absolute atomic E-state index is 0.0919. The molecular weight excluding hydrogens is 324 g/mol. The highest BCUT2D eigenvalue weighted by Crippen LogP contribution is 2.13. The lowest BCUT2D eigenvalue weighted by Gasteiger charge is -2.07. The van der Waals surface area contributed by atoms with Gasteiger partial charge in [0.1, 0.15) is 31.1 Å². The molecule has 132 valence electrons. The quantitative estimate of drug-likeness (QED) is 0.542. The van der Waals surface area contributed by atoms with Crippen LogP contribution in [-0.4, -0.2) is 26.2 Å². The van der Waals surface area contributed by atoms with Crippen LogP contribution < -0.4 is 9.47 Å². The van der Waals surface area contributed by atoms with E-state index in [9.17, 15) is 9.59 Å². The third-order valence-corrected chi connectivity index (χ3v) is 3.41. The topological polar surface area (TPSA) is 71.1 Å². The van der Waals surface area contributed by atoms with Crippen molar-refractivity contribution in [2.24, 2.45) is 0 Å². The minimum atomic E-state index is -0.629. The summed E-state index contributed by atoms with van der Waals surface area (Å²) >= 11 is 0. The Morgan fingerprint density at radius 3 is 1.36 bits per heavy atom. The Bertz CT molecular complexity index is 629. The molecule has 0 aliphatic rings. The molecule has 2 rings (SSSR count). The van der Waals surface area contributed by atoms with Crippen LogP contribution in [0.25, 0.3) is 0 Å². The molecule has 0 fully saturated rings. The van der Waals surface area contributed by atoms with Crippen LogP contribution in [0.15, 0.2) is 48.5 Å². The SMILES string of the molecule is COc1ccc(COC(=O)CC(=O)OCc2ccc(OC)cc2)cc1. The van der Waals surface area contributed by atoms with Crippen LogP contribution in [0.3, 0.4) is 0 Å². The van der Waals surface area contributed by atoms with Crippen LogP contribution in [0, 0.1) is 0 Å². The van der Waals surface area contributed by atoms with E-state index in [-0.39, 0.29) is 13.2 Å². The summed E-state index contributed by atoms with van der Waals surface area (Å²) in [4.78, 5) is 23.4. The fraction of sp³-hybridized carbons (Fsp3) is 0.263. The van der Waals surface area contributed by atoms with Crippen molar-refractivity contribution in [3.63, 3.8) is 0 Å². The third-order valence-electron chi connectivity index (χ3n) is 3.41. The van der Waals surface area contributed by atoms with Crippen molar-refractivity contribution >= 4 is 11.9 Å². The van der Waals surface area contributed by atoms with E-state index in [1.54, 1.807) is 62.8 Å². The van der Waals surface area contributed by atoms with E-state index in [4.69, 9.17) is 18.9 Å². The van der Waals surface area contributed by atoms with Gasteiger partial charge in [0.25, 0.3) is 0 Å². The number of esters is 2. The summed E-state index contributed by atoms with van der Waals surface area (Å²) in [6.45, 7) is 0.184. The largest absolute Gasteiger partial charge is 0.497 e. The maximum Gasteiger partial charge on any atom is 0.317 e. The maximum absolute atomic E-state index is 11.7. The molecule has 0 aromatic heterocycles. The van der Waals surface area contributed by atoms with Gasteiger partial charge >= 0.3 is 11.9 Å². The monoisotopic (exact) mass is 344 g/mol. The van der Waals surface area contributed by atoms with E-state index in [0.29, 0.717) is 0 Å². The molecule has 0 unspecified atom stereocenters. The average molecular weight is 344 g/mol. The highest BCUT2D eigenvalue weighted by Gasteiger charge is 2.12. The van der Waals surface area contributed by atoms with Gasteiger partial charge in [0.2, 0.25) is 0 Å². The predicted molar refractivity (Wildman–Crippen MR) is 90.2 cm³/mol. The van der Waals surface area contributed by atoms with Gasteiger partial charge in [0.05, 0.1) is 14.2 Å². The first-order valence-corrected chi connectivity index (χ1v) is 7.68. The zero-order valence-electron chi connectivity index (χ0n) is 14.2. The number of rotatable bonds is 8. The molecule has 6 heteroatoms. The fourth-order valence-corrected chi connectivity index (χ4v) is 1.99. The van der Waals surface area contributed by atoms with E-state index < -0.39 is 18.4 Å². The molecule has 0 spiro atoms. The second kappa shape index (κ2) is 9.32. The van der Waals surface area contributed by atoms with Crippen molar-refractivity contribution in [2.75, 3.05) is 14.2 Å². The lowest BCUT2D eigenvalue weighted by atomic mass is 10.2. The van der Waals surface area contributed by atoms with Crippen molar-refractivity contribution in [3.05, 3.63) is 59.7 Å². The number of carbonyl (C=O) groups excluding carboxylic acids is 2. The second-order valence-electron chi connectivity index (χ2n) is 5.19. The van der Waals surface area contributed by atoms with E-state index in [2.05, 4.69) is 0 Å². The molecule has 0 radical (unpaired) electrons. The third kappa shape index (κ3) is 6.18. The summed E-state index contributed by atoms with van der Waals surface area (Å²) in [5.41, 5.74) is 1.61. The van der Waals surface area contributed by atoms with Gasteiger partial charge in [-0.1, -0.05) is 24.3 Å². The van der Waals surface area contributed by atoms with Crippen molar-refractivity contribution in [2.45, 2.75) is 19.6 Å². The number of hydrogen-bond acceptors (Lipinski definition) is 6. The van der Waals surface area contributed by atoms with Crippen LogP contribution in [-0.2, 0) is 32.3 Å². The number of ether oxygens (including phenoxy) is 4. The number of carbonyl (C=O) groups is 2. The van der Waals surface area contributed by atoms with Crippen molar-refractivity contribution in [1.82, 2.24) is 0 Å². The van der Waals surface area contributed by atoms with Gasteiger partial charge < -0.3 is 18.9 Å². The van der Waals surface area contributed by atoms with Crippen molar-refractivity contribution < 1.29 is 28.5 Å². The fourth-order valence-electron chi connectivity index (χ4n) is 1.99. The highest BCUT2D eigenvalue weighted by atomic mass is 16.6. The summed E-state index contributed by atoms with van der Waals surface area (Å²) in [6.07, 6.45) is -0.424. The van der Waals surface area contributed by atoms with Crippen LogP contribution >= 0.6 is 0 Å². The minimum Gasteiger partial charge on any atom is -0.497 e. The smallest absolute Gasteiger partial charge is 0.317 e. The molecule has 25 heavy (non-hydrogen) atoms. The first-order valence-electron chi connectivity index (χ1n) is 7.68. The summed E-state index contributed by atoms with van der Waals surface area (Å²) in [7, 11) is 3.15. The predicted octanol–water partition coefficient (Wildman–Crippen LogP) is 2.88. The molecule has 0 bridgehead atoms. The van der Waals surface area contributed by atoms with E-state index in [1.807, 2.05) is 0 Å². The van der Waals surface area contributed by atoms with Crippen LogP contribution in [0.4, 0.5) is 0 Å². The summed E-state index contributed by atoms with van der Waals surface area (Å²) in [5, 5.41) is 0. The number of hydrogen-bond donors (Lipinski definition) is 0. The number of benzene rings is 2. The highest BCUT2D eigenvalue weighted by molar-refractivity contribution is 5.91. The first-order chi connectivity index (χ1) is 12.1. The van der Waals surface area contributed by atoms with E-state index in [1.165, 1.54) is 0 Å². The van der Waals surface area contributed by atoms with Crippen molar-refractivity contribution in [1.29, 1.82) is 0 Å². The van der Waals surface area contributed by atoms with Gasteiger partial charge in [-0.2, -0.15) is 0 Å². The lowest BCUT2D eigenvalue weighted by molar-refractivity contribution is -0.156. The lowest BCUT2D eigenvalue weighted by Crippen LogP contribution is -2.13. The Hall–Kier alpha value is -3.02. The average Bonchev–Trinajstić information content (AvgIpc) is 2.65. The Kier molecular flexibility index (Phi) is 6.83. The molecule has 2 aromatic carbocycles. The Labute approximate surface area is 146 Å². The summed E-state index contributed by atoms with van der Waals surface area (Å²) < 4.78 is 20.2. The zero-order chi connectivity index (χ0) is 18.1. The van der Waals surface area contributed by atoms with Gasteiger partial charge in [0, 0.05) is 0 Å². The molecule has 0 atom stereocenters. The van der Waals surface area contributed by atoms with Gasteiger partial charge in [-0.25, -0.2) is 0 Å². The molecule has 0 aliphatic carbocycles. The Balaban J connectivity index is 1.70. The second-order valence-corrected chi connectivity index (χ2v) is 5.19. The number of methoxy groups -OCH3 is 2. The van der Waals surface area contributed by atoms with E-state index in [0.717, 1.165) is 22.6 Å². The summed E-state index contributed by atoms with van der Waals surface area (Å²) in [5.74, 6) is 0.181. The Morgan fingerprint density at radius 1 is 0.680 bits per heavy atom.